The number of rotatable bonds is 6. The molecule has 1 aliphatic heterocycles. The largest absolute Gasteiger partial charge is 0.497 e. The fraction of sp³-hybridized carbons (Fsp3) is 0.323. The molecule has 7 nitrogen and oxygen atoms in total. The van der Waals surface area contributed by atoms with Crippen LogP contribution >= 0.6 is 0 Å². The second-order valence-corrected chi connectivity index (χ2v) is 9.59. The van der Waals surface area contributed by atoms with Crippen LogP contribution in [-0.4, -0.2) is 38.7 Å². The smallest absolute Gasteiger partial charge is 0.227 e. The number of ether oxygens (including phenoxy) is 3. The third-order valence-corrected chi connectivity index (χ3v) is 7.52. The van der Waals surface area contributed by atoms with E-state index in [2.05, 4.69) is 0 Å². The average molecular weight is 513 g/mol. The lowest BCUT2D eigenvalue weighted by atomic mass is 9.72. The molecule has 0 spiro atoms. The van der Waals surface area contributed by atoms with Crippen molar-refractivity contribution < 1.29 is 23.8 Å². The number of aliphatic imine (C=N–C) groups is 1. The molecule has 1 amide bonds. The van der Waals surface area contributed by atoms with Gasteiger partial charge in [-0.05, 0) is 59.9 Å². The zero-order valence-electron chi connectivity index (χ0n) is 22.1. The Morgan fingerprint density at radius 2 is 1.61 bits per heavy atom. The summed E-state index contributed by atoms with van der Waals surface area (Å²) < 4.78 is 16.3. The Hall–Kier alpha value is -4.13. The number of ketones is 1. The van der Waals surface area contributed by atoms with Crippen LogP contribution in [0.3, 0.4) is 0 Å². The lowest BCUT2D eigenvalue weighted by molar-refractivity contribution is -0.123. The van der Waals surface area contributed by atoms with Crippen molar-refractivity contribution in [3.8, 4) is 17.2 Å². The molecule has 3 unspecified atom stereocenters. The van der Waals surface area contributed by atoms with Crippen molar-refractivity contribution >= 4 is 28.8 Å². The van der Waals surface area contributed by atoms with Gasteiger partial charge in [0, 0.05) is 18.6 Å². The number of methoxy groups -OCH3 is 3. The molecule has 0 bridgehead atoms. The van der Waals surface area contributed by atoms with Crippen LogP contribution in [-0.2, 0) is 9.59 Å². The highest BCUT2D eigenvalue weighted by Crippen LogP contribution is 2.48. The number of fused-ring (bicyclic) bond motifs is 2. The summed E-state index contributed by atoms with van der Waals surface area (Å²) in [6.45, 7) is 1.85. The van der Waals surface area contributed by atoms with E-state index < -0.39 is 12.0 Å². The summed E-state index contributed by atoms with van der Waals surface area (Å²) in [4.78, 5) is 34.4. The van der Waals surface area contributed by atoms with Gasteiger partial charge in [-0.25, -0.2) is 0 Å². The quantitative estimate of drug-likeness (QED) is 0.402. The molecular weight excluding hydrogens is 480 g/mol. The number of carbonyl (C=O) groups is 2. The number of benzene rings is 3. The van der Waals surface area contributed by atoms with E-state index in [4.69, 9.17) is 19.2 Å². The molecule has 1 fully saturated rings. The van der Waals surface area contributed by atoms with Crippen LogP contribution in [0.5, 0.6) is 17.2 Å². The number of hydrogen-bond acceptors (Lipinski definition) is 6. The first-order valence-corrected chi connectivity index (χ1v) is 12.9. The van der Waals surface area contributed by atoms with Crippen molar-refractivity contribution in [2.24, 2.45) is 10.9 Å². The number of amides is 1. The Labute approximate surface area is 223 Å². The van der Waals surface area contributed by atoms with Crippen molar-refractivity contribution in [3.63, 3.8) is 0 Å². The normalized spacial score (nSPS) is 20.5. The maximum Gasteiger partial charge on any atom is 0.227 e. The third kappa shape index (κ3) is 4.53. The minimum atomic E-state index is -0.553. The van der Waals surface area contributed by atoms with Crippen molar-refractivity contribution in [1.29, 1.82) is 0 Å². The summed E-state index contributed by atoms with van der Waals surface area (Å²) >= 11 is 0. The average Bonchev–Trinajstić information content (AvgIpc) is 3.11. The van der Waals surface area contributed by atoms with E-state index in [1.54, 1.807) is 26.2 Å². The van der Waals surface area contributed by atoms with E-state index >= 15 is 0 Å². The molecule has 1 saturated carbocycles. The van der Waals surface area contributed by atoms with E-state index in [1.165, 1.54) is 0 Å². The number of hydrogen-bond donors (Lipinski definition) is 0. The van der Waals surface area contributed by atoms with Crippen LogP contribution in [0, 0.1) is 5.92 Å². The summed E-state index contributed by atoms with van der Waals surface area (Å²) in [5.41, 5.74) is 4.08. The highest BCUT2D eigenvalue weighted by Gasteiger charge is 2.46. The molecule has 0 N–H and O–H groups in total. The van der Waals surface area contributed by atoms with Gasteiger partial charge < -0.3 is 19.1 Å². The Kier molecular flexibility index (Phi) is 7.18. The molecular formula is C31H32N2O5. The molecule has 2 aliphatic rings. The summed E-state index contributed by atoms with van der Waals surface area (Å²) in [7, 11) is 4.83. The monoisotopic (exact) mass is 512 g/mol. The molecule has 0 aromatic heterocycles. The van der Waals surface area contributed by atoms with Crippen LogP contribution in [0.25, 0.3) is 0 Å². The lowest BCUT2D eigenvalue weighted by Crippen LogP contribution is -2.45. The summed E-state index contributed by atoms with van der Waals surface area (Å²) in [5.74, 6) is 1.39. The van der Waals surface area contributed by atoms with Crippen LogP contribution in [0.15, 0.2) is 71.7 Å². The number of anilines is 1. The van der Waals surface area contributed by atoms with E-state index in [0.717, 1.165) is 22.5 Å². The SMILES string of the molecule is CCC(=O)N1c2ccccc2N=C2CC(c3ccc(OC)c(OC)c3)CC(=O)C2C1c1ccc(OC)cc1. The van der Waals surface area contributed by atoms with Crippen molar-refractivity contribution in [2.75, 3.05) is 26.2 Å². The van der Waals surface area contributed by atoms with Gasteiger partial charge in [0.25, 0.3) is 0 Å². The van der Waals surface area contributed by atoms with Gasteiger partial charge in [-0.2, -0.15) is 0 Å². The predicted octanol–water partition coefficient (Wildman–Crippen LogP) is 6.05. The Balaban J connectivity index is 1.64. The molecule has 1 heterocycles. The molecule has 5 rings (SSSR count). The van der Waals surface area contributed by atoms with E-state index in [1.807, 2.05) is 73.7 Å². The van der Waals surface area contributed by atoms with Crippen molar-refractivity contribution in [1.82, 2.24) is 0 Å². The molecule has 3 atom stereocenters. The molecule has 7 heteroatoms. The van der Waals surface area contributed by atoms with Crippen LogP contribution in [0.2, 0.25) is 0 Å². The first-order valence-electron chi connectivity index (χ1n) is 12.9. The molecule has 196 valence electrons. The van der Waals surface area contributed by atoms with Crippen molar-refractivity contribution in [3.05, 3.63) is 77.9 Å². The Bertz CT molecular complexity index is 1380. The maximum absolute atomic E-state index is 14.1. The Morgan fingerprint density at radius 3 is 2.29 bits per heavy atom. The zero-order valence-corrected chi connectivity index (χ0v) is 22.1. The van der Waals surface area contributed by atoms with Crippen LogP contribution < -0.4 is 19.1 Å². The number of nitrogens with zero attached hydrogens (tertiary/aromatic N) is 2. The molecule has 3 aromatic rings. The predicted molar refractivity (Wildman–Crippen MR) is 147 cm³/mol. The second kappa shape index (κ2) is 10.7. The van der Waals surface area contributed by atoms with Gasteiger partial charge in [0.1, 0.15) is 11.5 Å². The number of Topliss-reactive ketones (excluding diaryl/α,β-unsaturated/α-hetero) is 1. The number of para-hydroxylation sites is 2. The fourth-order valence-corrected chi connectivity index (χ4v) is 5.64. The minimum absolute atomic E-state index is 0.0514. The van der Waals surface area contributed by atoms with E-state index in [9.17, 15) is 9.59 Å². The zero-order chi connectivity index (χ0) is 26.8. The second-order valence-electron chi connectivity index (χ2n) is 9.59. The number of carbonyl (C=O) groups excluding carboxylic acids is 2. The van der Waals surface area contributed by atoms with Gasteiger partial charge in [0.15, 0.2) is 11.5 Å². The first kappa shape index (κ1) is 25.5. The summed E-state index contributed by atoms with van der Waals surface area (Å²) in [6, 6.07) is 20.6. The van der Waals surface area contributed by atoms with Gasteiger partial charge in [-0.3, -0.25) is 14.6 Å². The fourth-order valence-electron chi connectivity index (χ4n) is 5.64. The third-order valence-electron chi connectivity index (χ3n) is 7.52. The topological polar surface area (TPSA) is 77.4 Å². The highest BCUT2D eigenvalue weighted by molar-refractivity contribution is 6.13. The lowest BCUT2D eigenvalue weighted by Gasteiger charge is -2.39. The van der Waals surface area contributed by atoms with Gasteiger partial charge in [0.05, 0.1) is 44.7 Å². The van der Waals surface area contributed by atoms with Gasteiger partial charge >= 0.3 is 0 Å². The van der Waals surface area contributed by atoms with E-state index in [-0.39, 0.29) is 17.6 Å². The summed E-state index contributed by atoms with van der Waals surface area (Å²) in [5, 5.41) is 0. The van der Waals surface area contributed by atoms with Gasteiger partial charge in [-0.15, -0.1) is 0 Å². The summed E-state index contributed by atoms with van der Waals surface area (Å²) in [6.07, 6.45) is 1.25. The highest BCUT2D eigenvalue weighted by atomic mass is 16.5. The van der Waals surface area contributed by atoms with E-state index in [0.29, 0.717) is 42.2 Å². The van der Waals surface area contributed by atoms with Crippen molar-refractivity contribution in [2.45, 2.75) is 38.1 Å². The standard InChI is InChI=1S/C31H32N2O5/c1-5-29(35)33-25-9-7-6-8-23(25)32-24-16-21(20-12-15-27(37-3)28(18-20)38-4)17-26(34)30(24)31(33)19-10-13-22(36-2)14-11-19/h6-15,18,21,30-31H,5,16-17H2,1-4H3. The molecule has 1 aliphatic carbocycles. The molecule has 0 saturated heterocycles. The first-order chi connectivity index (χ1) is 18.5. The van der Waals surface area contributed by atoms with Crippen LogP contribution in [0.4, 0.5) is 11.4 Å². The van der Waals surface area contributed by atoms with Gasteiger partial charge in [0.2, 0.25) is 5.91 Å². The molecule has 38 heavy (non-hydrogen) atoms. The Morgan fingerprint density at radius 1 is 0.895 bits per heavy atom. The van der Waals surface area contributed by atoms with Crippen LogP contribution in [0.1, 0.15) is 49.3 Å². The van der Waals surface area contributed by atoms with Gasteiger partial charge in [-0.1, -0.05) is 37.3 Å². The molecule has 3 aromatic carbocycles. The molecule has 0 radical (unpaired) electrons. The maximum atomic E-state index is 14.1. The minimum Gasteiger partial charge on any atom is -0.497 e.